The molecule has 2 aromatic heterocycles. The summed E-state index contributed by atoms with van der Waals surface area (Å²) >= 11 is 0. The Bertz CT molecular complexity index is 792. The van der Waals surface area contributed by atoms with Crippen LogP contribution in [-0.4, -0.2) is 17.1 Å². The van der Waals surface area contributed by atoms with E-state index in [1.165, 1.54) is 0 Å². The van der Waals surface area contributed by atoms with Crippen LogP contribution < -0.4 is 14.8 Å². The molecule has 0 aliphatic carbocycles. The van der Waals surface area contributed by atoms with Crippen LogP contribution in [0.25, 0.3) is 0 Å². The molecule has 1 unspecified atom stereocenters. The lowest BCUT2D eigenvalue weighted by atomic mass is 10.2. The molecule has 0 amide bonds. The summed E-state index contributed by atoms with van der Waals surface area (Å²) in [6.07, 6.45) is 3.56. The Morgan fingerprint density at radius 1 is 0.960 bits per heavy atom. The second kappa shape index (κ2) is 8.26. The zero-order valence-corrected chi connectivity index (χ0v) is 14.3. The van der Waals surface area contributed by atoms with Crippen LogP contribution in [0.5, 0.6) is 17.4 Å². The Balaban J connectivity index is 1.61. The van der Waals surface area contributed by atoms with Gasteiger partial charge in [-0.05, 0) is 55.0 Å². The van der Waals surface area contributed by atoms with Crippen molar-refractivity contribution >= 4 is 0 Å². The predicted octanol–water partition coefficient (Wildman–Crippen LogP) is 4.13. The monoisotopic (exact) mass is 335 g/mol. The standard InChI is InChI=1S/C20H21N3O2/c1-15(19-5-3-4-11-21-19)23-14-16-10-12-22-20(13-16)25-18-8-6-17(24-2)7-9-18/h3-13,15,23H,14H2,1-2H3. The summed E-state index contributed by atoms with van der Waals surface area (Å²) in [6.45, 7) is 2.80. The van der Waals surface area contributed by atoms with Gasteiger partial charge in [-0.25, -0.2) is 4.98 Å². The number of nitrogens with zero attached hydrogens (tertiary/aromatic N) is 2. The minimum atomic E-state index is 0.167. The van der Waals surface area contributed by atoms with E-state index in [1.54, 1.807) is 19.5 Å². The summed E-state index contributed by atoms with van der Waals surface area (Å²) in [5.41, 5.74) is 2.12. The van der Waals surface area contributed by atoms with E-state index in [9.17, 15) is 0 Å². The number of hydrogen-bond donors (Lipinski definition) is 1. The lowest BCUT2D eigenvalue weighted by molar-refractivity contribution is 0.412. The van der Waals surface area contributed by atoms with E-state index in [1.807, 2.05) is 54.6 Å². The molecule has 0 saturated heterocycles. The topological polar surface area (TPSA) is 56.3 Å². The fourth-order valence-electron chi connectivity index (χ4n) is 2.39. The quantitative estimate of drug-likeness (QED) is 0.703. The molecule has 25 heavy (non-hydrogen) atoms. The van der Waals surface area contributed by atoms with Crippen molar-refractivity contribution in [3.63, 3.8) is 0 Å². The Morgan fingerprint density at radius 3 is 2.48 bits per heavy atom. The van der Waals surface area contributed by atoms with Gasteiger partial charge < -0.3 is 14.8 Å². The molecule has 0 bridgehead atoms. The first-order valence-electron chi connectivity index (χ1n) is 8.16. The van der Waals surface area contributed by atoms with Crippen molar-refractivity contribution in [3.8, 4) is 17.4 Å². The Kier molecular flexibility index (Phi) is 5.59. The summed E-state index contributed by atoms with van der Waals surface area (Å²) in [6, 6.07) is 17.4. The van der Waals surface area contributed by atoms with Crippen LogP contribution >= 0.6 is 0 Å². The van der Waals surface area contributed by atoms with E-state index in [0.717, 1.165) is 22.8 Å². The first-order chi connectivity index (χ1) is 12.2. The van der Waals surface area contributed by atoms with Crippen LogP contribution in [0.1, 0.15) is 24.2 Å². The van der Waals surface area contributed by atoms with Crippen LogP contribution in [0.4, 0.5) is 0 Å². The van der Waals surface area contributed by atoms with Gasteiger partial charge in [0.2, 0.25) is 5.88 Å². The molecule has 0 aliphatic heterocycles. The van der Waals surface area contributed by atoms with E-state index in [2.05, 4.69) is 22.2 Å². The molecule has 5 nitrogen and oxygen atoms in total. The van der Waals surface area contributed by atoms with Gasteiger partial charge >= 0.3 is 0 Å². The van der Waals surface area contributed by atoms with Crippen molar-refractivity contribution in [2.75, 3.05) is 7.11 Å². The maximum atomic E-state index is 5.80. The first kappa shape index (κ1) is 16.9. The number of methoxy groups -OCH3 is 1. The largest absolute Gasteiger partial charge is 0.497 e. The molecule has 128 valence electrons. The summed E-state index contributed by atoms with van der Waals surface area (Å²) < 4.78 is 10.9. The molecule has 0 radical (unpaired) electrons. The number of hydrogen-bond acceptors (Lipinski definition) is 5. The smallest absolute Gasteiger partial charge is 0.219 e. The fraction of sp³-hybridized carbons (Fsp3) is 0.200. The molecule has 5 heteroatoms. The highest BCUT2D eigenvalue weighted by Crippen LogP contribution is 2.23. The van der Waals surface area contributed by atoms with Gasteiger partial charge in [0.05, 0.1) is 12.8 Å². The Hall–Kier alpha value is -2.92. The average molecular weight is 335 g/mol. The molecule has 0 aliphatic rings. The van der Waals surface area contributed by atoms with E-state index in [0.29, 0.717) is 12.4 Å². The third kappa shape index (κ3) is 4.78. The molecule has 0 fully saturated rings. The number of ether oxygens (including phenoxy) is 2. The highest BCUT2D eigenvalue weighted by Gasteiger charge is 2.06. The molecule has 0 spiro atoms. The fourth-order valence-corrected chi connectivity index (χ4v) is 2.39. The van der Waals surface area contributed by atoms with E-state index < -0.39 is 0 Å². The SMILES string of the molecule is COc1ccc(Oc2cc(CNC(C)c3ccccn3)ccn2)cc1. The highest BCUT2D eigenvalue weighted by atomic mass is 16.5. The van der Waals surface area contributed by atoms with Gasteiger partial charge in [0, 0.05) is 31.0 Å². The first-order valence-corrected chi connectivity index (χ1v) is 8.16. The lowest BCUT2D eigenvalue weighted by Crippen LogP contribution is -2.19. The van der Waals surface area contributed by atoms with Crippen molar-refractivity contribution in [1.29, 1.82) is 0 Å². The number of nitrogens with one attached hydrogen (secondary N) is 1. The normalized spacial score (nSPS) is 11.8. The van der Waals surface area contributed by atoms with E-state index in [-0.39, 0.29) is 6.04 Å². The number of aromatic nitrogens is 2. The van der Waals surface area contributed by atoms with Gasteiger partial charge in [-0.15, -0.1) is 0 Å². The lowest BCUT2D eigenvalue weighted by Gasteiger charge is -2.13. The molecular weight excluding hydrogens is 314 g/mol. The summed E-state index contributed by atoms with van der Waals surface area (Å²) in [5.74, 6) is 2.08. The maximum absolute atomic E-state index is 5.80. The third-order valence-corrected chi connectivity index (χ3v) is 3.82. The van der Waals surface area contributed by atoms with Crippen molar-refractivity contribution in [1.82, 2.24) is 15.3 Å². The summed E-state index contributed by atoms with van der Waals surface area (Å²) in [4.78, 5) is 8.64. The second-order valence-electron chi connectivity index (χ2n) is 5.64. The van der Waals surface area contributed by atoms with Crippen LogP contribution in [0.15, 0.2) is 67.0 Å². The molecule has 1 N–H and O–H groups in total. The number of pyridine rings is 2. The van der Waals surface area contributed by atoms with Crippen molar-refractivity contribution in [3.05, 3.63) is 78.2 Å². The van der Waals surface area contributed by atoms with E-state index in [4.69, 9.17) is 9.47 Å². The maximum Gasteiger partial charge on any atom is 0.219 e. The number of benzene rings is 1. The minimum absolute atomic E-state index is 0.167. The molecular formula is C20H21N3O2. The minimum Gasteiger partial charge on any atom is -0.497 e. The molecule has 0 saturated carbocycles. The van der Waals surface area contributed by atoms with Crippen molar-refractivity contribution in [2.45, 2.75) is 19.5 Å². The summed E-state index contributed by atoms with van der Waals surface area (Å²) in [5, 5.41) is 3.46. The van der Waals surface area contributed by atoms with Crippen LogP contribution in [0.3, 0.4) is 0 Å². The van der Waals surface area contributed by atoms with Crippen LogP contribution in [0, 0.1) is 0 Å². The van der Waals surface area contributed by atoms with Gasteiger partial charge in [0.15, 0.2) is 0 Å². The Labute approximate surface area is 147 Å². The number of rotatable bonds is 7. The highest BCUT2D eigenvalue weighted by molar-refractivity contribution is 5.34. The third-order valence-electron chi connectivity index (χ3n) is 3.82. The molecule has 2 heterocycles. The summed E-state index contributed by atoms with van der Waals surface area (Å²) in [7, 11) is 1.64. The van der Waals surface area contributed by atoms with Crippen LogP contribution in [-0.2, 0) is 6.54 Å². The molecule has 3 rings (SSSR count). The molecule has 3 aromatic rings. The Morgan fingerprint density at radius 2 is 1.76 bits per heavy atom. The van der Waals surface area contributed by atoms with Crippen molar-refractivity contribution < 1.29 is 9.47 Å². The van der Waals surface area contributed by atoms with Crippen LogP contribution in [0.2, 0.25) is 0 Å². The predicted molar refractivity (Wildman–Crippen MR) is 96.8 cm³/mol. The zero-order chi connectivity index (χ0) is 17.5. The van der Waals surface area contributed by atoms with Gasteiger partial charge in [-0.2, -0.15) is 0 Å². The van der Waals surface area contributed by atoms with Gasteiger partial charge in [-0.3, -0.25) is 4.98 Å². The van der Waals surface area contributed by atoms with Crippen molar-refractivity contribution in [2.24, 2.45) is 0 Å². The van der Waals surface area contributed by atoms with Gasteiger partial charge in [0.25, 0.3) is 0 Å². The average Bonchev–Trinajstić information content (AvgIpc) is 2.68. The second-order valence-corrected chi connectivity index (χ2v) is 5.64. The van der Waals surface area contributed by atoms with E-state index >= 15 is 0 Å². The molecule has 1 atom stereocenters. The zero-order valence-electron chi connectivity index (χ0n) is 14.3. The van der Waals surface area contributed by atoms with Gasteiger partial charge in [-0.1, -0.05) is 6.07 Å². The van der Waals surface area contributed by atoms with Gasteiger partial charge in [0.1, 0.15) is 11.5 Å². The molecule has 1 aromatic carbocycles.